The standard InChI is InChI=1S/C11H13N3O5S/c12-20(18,19)9-3-1-8(2-4-9)13-11(17)14-5-7(6-14)10(15)16/h1-4,7H,5-6H2,(H,13,17)(H,15,16)(H2,12,18,19). The van der Waals surface area contributed by atoms with Gasteiger partial charge in [-0.2, -0.15) is 0 Å². The Kier molecular flexibility index (Phi) is 3.64. The molecule has 9 heteroatoms. The minimum atomic E-state index is -3.76. The Morgan fingerprint density at radius 1 is 1.25 bits per heavy atom. The van der Waals surface area contributed by atoms with Crippen molar-refractivity contribution in [2.24, 2.45) is 11.1 Å². The van der Waals surface area contributed by atoms with Gasteiger partial charge in [0.05, 0.1) is 10.8 Å². The van der Waals surface area contributed by atoms with Gasteiger partial charge in [-0.25, -0.2) is 18.4 Å². The van der Waals surface area contributed by atoms with Crippen LogP contribution in [0.3, 0.4) is 0 Å². The molecule has 20 heavy (non-hydrogen) atoms. The number of carbonyl (C=O) groups is 2. The van der Waals surface area contributed by atoms with Gasteiger partial charge in [0.1, 0.15) is 0 Å². The number of nitrogens with two attached hydrogens (primary N) is 1. The van der Waals surface area contributed by atoms with E-state index in [0.717, 1.165) is 0 Å². The second-order valence-corrected chi connectivity index (χ2v) is 6.00. The molecule has 1 aliphatic heterocycles. The van der Waals surface area contributed by atoms with Gasteiger partial charge in [-0.05, 0) is 24.3 Å². The third kappa shape index (κ3) is 3.06. The van der Waals surface area contributed by atoms with Crippen LogP contribution in [0.4, 0.5) is 10.5 Å². The van der Waals surface area contributed by atoms with Gasteiger partial charge in [-0.3, -0.25) is 4.79 Å². The van der Waals surface area contributed by atoms with Crippen LogP contribution in [0.1, 0.15) is 0 Å². The lowest BCUT2D eigenvalue weighted by molar-refractivity contribution is -0.145. The van der Waals surface area contributed by atoms with E-state index in [-0.39, 0.29) is 18.0 Å². The van der Waals surface area contributed by atoms with Gasteiger partial charge in [-0.1, -0.05) is 0 Å². The van der Waals surface area contributed by atoms with Crippen LogP contribution in [0, 0.1) is 5.92 Å². The molecule has 1 aromatic rings. The molecule has 0 radical (unpaired) electrons. The fourth-order valence-electron chi connectivity index (χ4n) is 1.73. The Labute approximate surface area is 115 Å². The fraction of sp³-hybridized carbons (Fsp3) is 0.273. The van der Waals surface area contributed by atoms with E-state index < -0.39 is 27.9 Å². The second kappa shape index (κ2) is 5.10. The number of hydrogen-bond donors (Lipinski definition) is 3. The van der Waals surface area contributed by atoms with E-state index in [9.17, 15) is 18.0 Å². The van der Waals surface area contributed by atoms with Crippen LogP contribution in [-0.4, -0.2) is 43.5 Å². The number of nitrogens with zero attached hydrogens (tertiary/aromatic N) is 1. The molecule has 1 aliphatic rings. The fourth-order valence-corrected chi connectivity index (χ4v) is 2.25. The molecule has 1 fully saturated rings. The smallest absolute Gasteiger partial charge is 0.321 e. The Balaban J connectivity index is 1.94. The first-order valence-electron chi connectivity index (χ1n) is 5.69. The second-order valence-electron chi connectivity index (χ2n) is 4.44. The summed E-state index contributed by atoms with van der Waals surface area (Å²) in [5, 5.41) is 16.2. The van der Waals surface area contributed by atoms with Crippen molar-refractivity contribution < 1.29 is 23.1 Å². The molecule has 0 saturated carbocycles. The predicted molar refractivity (Wildman–Crippen MR) is 69.5 cm³/mol. The summed E-state index contributed by atoms with van der Waals surface area (Å²) in [6, 6.07) is 4.95. The van der Waals surface area contributed by atoms with E-state index >= 15 is 0 Å². The highest BCUT2D eigenvalue weighted by molar-refractivity contribution is 7.89. The summed E-state index contributed by atoms with van der Waals surface area (Å²) in [7, 11) is -3.76. The monoisotopic (exact) mass is 299 g/mol. The van der Waals surface area contributed by atoms with Gasteiger partial charge in [0.15, 0.2) is 0 Å². The third-order valence-electron chi connectivity index (χ3n) is 2.95. The quantitative estimate of drug-likeness (QED) is 0.716. The zero-order chi connectivity index (χ0) is 14.9. The molecule has 1 saturated heterocycles. The summed E-state index contributed by atoms with van der Waals surface area (Å²) in [5.74, 6) is -1.45. The summed E-state index contributed by atoms with van der Waals surface area (Å²) >= 11 is 0. The van der Waals surface area contributed by atoms with E-state index in [4.69, 9.17) is 10.2 Å². The number of carbonyl (C=O) groups excluding carboxylic acids is 1. The average molecular weight is 299 g/mol. The largest absolute Gasteiger partial charge is 0.481 e. The van der Waals surface area contributed by atoms with Gasteiger partial charge in [-0.15, -0.1) is 0 Å². The summed E-state index contributed by atoms with van der Waals surface area (Å²) in [6.45, 7) is 0.326. The molecule has 108 valence electrons. The van der Waals surface area contributed by atoms with Crippen LogP contribution in [0.15, 0.2) is 29.2 Å². The van der Waals surface area contributed by atoms with Gasteiger partial charge < -0.3 is 15.3 Å². The number of rotatable bonds is 3. The van der Waals surface area contributed by atoms with Crippen molar-refractivity contribution in [3.05, 3.63) is 24.3 Å². The van der Waals surface area contributed by atoms with Crippen molar-refractivity contribution in [3.63, 3.8) is 0 Å². The zero-order valence-corrected chi connectivity index (χ0v) is 11.1. The molecule has 2 amide bonds. The summed E-state index contributed by atoms with van der Waals surface area (Å²) in [4.78, 5) is 23.6. The number of hydrogen-bond acceptors (Lipinski definition) is 4. The predicted octanol–water partition coefficient (Wildman–Crippen LogP) is -0.118. The molecule has 1 aromatic carbocycles. The lowest BCUT2D eigenvalue weighted by atomic mass is 10.0. The first-order valence-corrected chi connectivity index (χ1v) is 7.23. The number of sulfonamides is 1. The maximum absolute atomic E-state index is 11.7. The van der Waals surface area contributed by atoms with Crippen molar-refractivity contribution in [1.29, 1.82) is 0 Å². The topological polar surface area (TPSA) is 130 Å². The number of aliphatic carboxylic acids is 1. The highest BCUT2D eigenvalue weighted by Crippen LogP contribution is 2.18. The minimum absolute atomic E-state index is 0.0506. The molecule has 2 rings (SSSR count). The van der Waals surface area contributed by atoms with Crippen molar-refractivity contribution >= 4 is 27.7 Å². The zero-order valence-electron chi connectivity index (χ0n) is 10.3. The number of primary sulfonamides is 1. The summed E-state index contributed by atoms with van der Waals surface area (Å²) in [6.07, 6.45) is 0. The first kappa shape index (κ1) is 14.3. The lowest BCUT2D eigenvalue weighted by Gasteiger charge is -2.36. The van der Waals surface area contributed by atoms with E-state index in [2.05, 4.69) is 5.32 Å². The molecule has 0 aliphatic carbocycles. The van der Waals surface area contributed by atoms with Gasteiger partial charge in [0.2, 0.25) is 10.0 Å². The van der Waals surface area contributed by atoms with E-state index in [1.165, 1.54) is 29.2 Å². The third-order valence-corrected chi connectivity index (χ3v) is 3.88. The van der Waals surface area contributed by atoms with Crippen LogP contribution in [-0.2, 0) is 14.8 Å². The first-order chi connectivity index (χ1) is 9.27. The molecule has 0 atom stereocenters. The highest BCUT2D eigenvalue weighted by Gasteiger charge is 2.35. The average Bonchev–Trinajstić information content (AvgIpc) is 2.25. The molecule has 4 N–H and O–H groups in total. The van der Waals surface area contributed by atoms with Crippen LogP contribution in [0.2, 0.25) is 0 Å². The number of carboxylic acids is 1. The number of amides is 2. The SMILES string of the molecule is NS(=O)(=O)c1ccc(NC(=O)N2CC(C(=O)O)C2)cc1. The minimum Gasteiger partial charge on any atom is -0.481 e. The molecule has 0 aromatic heterocycles. The molecule has 8 nitrogen and oxygen atoms in total. The number of nitrogens with one attached hydrogen (secondary N) is 1. The number of anilines is 1. The maximum Gasteiger partial charge on any atom is 0.321 e. The van der Waals surface area contributed by atoms with Crippen LogP contribution >= 0.6 is 0 Å². The van der Waals surface area contributed by atoms with Gasteiger partial charge in [0.25, 0.3) is 0 Å². The number of urea groups is 1. The Bertz CT molecular complexity index is 635. The summed E-state index contributed by atoms with van der Waals surface area (Å²) in [5.41, 5.74) is 0.404. The van der Waals surface area contributed by atoms with E-state index in [1.54, 1.807) is 0 Å². The van der Waals surface area contributed by atoms with Gasteiger partial charge >= 0.3 is 12.0 Å². The highest BCUT2D eigenvalue weighted by atomic mass is 32.2. The van der Waals surface area contributed by atoms with Crippen LogP contribution in [0.5, 0.6) is 0 Å². The Hall–Kier alpha value is -2.13. The number of benzene rings is 1. The van der Waals surface area contributed by atoms with Crippen LogP contribution in [0.25, 0.3) is 0 Å². The van der Waals surface area contributed by atoms with Crippen molar-refractivity contribution in [2.45, 2.75) is 4.90 Å². The van der Waals surface area contributed by atoms with Crippen molar-refractivity contribution in [3.8, 4) is 0 Å². The van der Waals surface area contributed by atoms with Crippen molar-refractivity contribution in [2.75, 3.05) is 18.4 Å². The molecular weight excluding hydrogens is 286 g/mol. The maximum atomic E-state index is 11.7. The summed E-state index contributed by atoms with van der Waals surface area (Å²) < 4.78 is 22.1. The molecule has 0 unspecified atom stereocenters. The van der Waals surface area contributed by atoms with Crippen molar-refractivity contribution in [1.82, 2.24) is 4.90 Å². The Morgan fingerprint density at radius 2 is 1.80 bits per heavy atom. The number of likely N-dealkylation sites (tertiary alicyclic amines) is 1. The molecular formula is C11H13N3O5S. The van der Waals surface area contributed by atoms with Crippen LogP contribution < -0.4 is 10.5 Å². The van der Waals surface area contributed by atoms with Gasteiger partial charge in [0, 0.05) is 18.8 Å². The molecule has 0 spiro atoms. The lowest BCUT2D eigenvalue weighted by Crippen LogP contribution is -2.54. The number of carboxylic acid groups (broad SMARTS) is 1. The van der Waals surface area contributed by atoms with E-state index in [0.29, 0.717) is 5.69 Å². The Morgan fingerprint density at radius 3 is 2.25 bits per heavy atom. The van der Waals surface area contributed by atoms with E-state index in [1.807, 2.05) is 0 Å². The molecule has 0 bridgehead atoms. The normalized spacial score (nSPS) is 15.6. The molecule has 1 heterocycles.